The highest BCUT2D eigenvalue weighted by Gasteiger charge is 2.10. The first-order valence-electron chi connectivity index (χ1n) is 7.80. The summed E-state index contributed by atoms with van der Waals surface area (Å²) in [6.45, 7) is 1.57. The van der Waals surface area contributed by atoms with Gasteiger partial charge in [0.05, 0.1) is 11.4 Å². The number of benzene rings is 2. The summed E-state index contributed by atoms with van der Waals surface area (Å²) >= 11 is 1.10. The lowest BCUT2D eigenvalue weighted by molar-refractivity contribution is -0.113. The van der Waals surface area contributed by atoms with Gasteiger partial charge in [-0.2, -0.15) is 0 Å². The molecule has 0 radical (unpaired) electrons. The lowest BCUT2D eigenvalue weighted by Gasteiger charge is -2.12. The van der Waals surface area contributed by atoms with Gasteiger partial charge in [0.1, 0.15) is 11.4 Å². The molecule has 0 spiro atoms. The van der Waals surface area contributed by atoms with E-state index >= 15 is 0 Å². The normalized spacial score (nSPS) is 10.3. The van der Waals surface area contributed by atoms with Crippen LogP contribution in [0.3, 0.4) is 0 Å². The Kier molecular flexibility index (Phi) is 5.65. The third-order valence-corrected chi connectivity index (χ3v) is 4.18. The maximum Gasteiger partial charge on any atom is 0.273 e. The van der Waals surface area contributed by atoms with E-state index in [0.717, 1.165) is 11.8 Å². The van der Waals surface area contributed by atoms with Crippen LogP contribution in [0.2, 0.25) is 0 Å². The van der Waals surface area contributed by atoms with Crippen molar-refractivity contribution in [3.8, 4) is 11.5 Å². The van der Waals surface area contributed by atoms with Crippen molar-refractivity contribution in [2.45, 2.75) is 12.1 Å². The van der Waals surface area contributed by atoms with Crippen LogP contribution >= 0.6 is 11.8 Å². The molecule has 1 aromatic heterocycles. The van der Waals surface area contributed by atoms with Gasteiger partial charge in [0.25, 0.3) is 5.56 Å². The third kappa shape index (κ3) is 4.70. The predicted molar refractivity (Wildman–Crippen MR) is 99.7 cm³/mol. The van der Waals surface area contributed by atoms with Crippen molar-refractivity contribution in [1.29, 1.82) is 0 Å². The number of aromatic amines is 1. The van der Waals surface area contributed by atoms with Gasteiger partial charge in [-0.3, -0.25) is 14.6 Å². The van der Waals surface area contributed by atoms with Gasteiger partial charge in [-0.25, -0.2) is 0 Å². The van der Waals surface area contributed by atoms with E-state index < -0.39 is 0 Å². The Balaban J connectivity index is 1.64. The molecule has 0 aliphatic rings. The highest BCUT2D eigenvalue weighted by molar-refractivity contribution is 7.99. The summed E-state index contributed by atoms with van der Waals surface area (Å²) in [6, 6.07) is 16.5. The number of hydrogen-bond acceptors (Lipinski definition) is 6. The van der Waals surface area contributed by atoms with Crippen LogP contribution in [-0.2, 0) is 4.79 Å². The van der Waals surface area contributed by atoms with Crippen LogP contribution < -0.4 is 15.6 Å². The van der Waals surface area contributed by atoms with Crippen LogP contribution in [0.25, 0.3) is 0 Å². The summed E-state index contributed by atoms with van der Waals surface area (Å²) in [5.41, 5.74) is 0.528. The molecule has 0 saturated heterocycles. The number of nitrogens with zero attached hydrogens (tertiary/aromatic N) is 2. The Labute approximate surface area is 153 Å². The second kappa shape index (κ2) is 8.30. The summed E-state index contributed by atoms with van der Waals surface area (Å²) in [5, 5.41) is 10.7. The molecule has 3 rings (SSSR count). The second-order valence-corrected chi connectivity index (χ2v) is 6.26. The van der Waals surface area contributed by atoms with E-state index in [1.165, 1.54) is 0 Å². The summed E-state index contributed by atoms with van der Waals surface area (Å²) in [5.74, 6) is 1.05. The van der Waals surface area contributed by atoms with E-state index in [4.69, 9.17) is 4.74 Å². The minimum atomic E-state index is -0.315. The number of H-pyrrole nitrogens is 1. The number of rotatable bonds is 6. The fraction of sp³-hybridized carbons (Fsp3) is 0.111. The second-order valence-electron chi connectivity index (χ2n) is 5.29. The summed E-state index contributed by atoms with van der Waals surface area (Å²) in [6.07, 6.45) is 0. The molecule has 0 bridgehead atoms. The number of carbonyl (C=O) groups is 1. The highest BCUT2D eigenvalue weighted by Crippen LogP contribution is 2.29. The number of aromatic nitrogens is 3. The molecule has 0 aliphatic carbocycles. The van der Waals surface area contributed by atoms with Crippen molar-refractivity contribution in [2.75, 3.05) is 11.1 Å². The molecular weight excluding hydrogens is 352 g/mol. The number of amides is 1. The van der Waals surface area contributed by atoms with Crippen LogP contribution in [-0.4, -0.2) is 26.8 Å². The lowest BCUT2D eigenvalue weighted by atomic mass is 10.3. The van der Waals surface area contributed by atoms with Crippen molar-refractivity contribution < 1.29 is 9.53 Å². The highest BCUT2D eigenvalue weighted by atomic mass is 32.2. The zero-order valence-electron chi connectivity index (χ0n) is 13.9. The molecule has 0 atom stereocenters. The van der Waals surface area contributed by atoms with Gasteiger partial charge >= 0.3 is 0 Å². The zero-order valence-corrected chi connectivity index (χ0v) is 14.7. The van der Waals surface area contributed by atoms with Gasteiger partial charge in [0, 0.05) is 0 Å². The van der Waals surface area contributed by atoms with Crippen molar-refractivity contribution in [3.05, 3.63) is 70.6 Å². The van der Waals surface area contributed by atoms with Gasteiger partial charge in [-0.05, 0) is 31.2 Å². The first kappa shape index (κ1) is 17.7. The smallest absolute Gasteiger partial charge is 0.273 e. The van der Waals surface area contributed by atoms with Crippen LogP contribution in [0.4, 0.5) is 5.69 Å². The van der Waals surface area contributed by atoms with Gasteiger partial charge in [0.2, 0.25) is 5.91 Å². The molecule has 8 heteroatoms. The van der Waals surface area contributed by atoms with Crippen LogP contribution in [0, 0.1) is 6.92 Å². The number of hydrogen-bond donors (Lipinski definition) is 2. The van der Waals surface area contributed by atoms with Crippen molar-refractivity contribution in [1.82, 2.24) is 15.2 Å². The molecule has 26 heavy (non-hydrogen) atoms. The van der Waals surface area contributed by atoms with E-state index in [-0.39, 0.29) is 22.9 Å². The Morgan fingerprint density at radius 3 is 2.62 bits per heavy atom. The molecule has 0 fully saturated rings. The van der Waals surface area contributed by atoms with Gasteiger partial charge in [-0.15, -0.1) is 10.2 Å². The summed E-state index contributed by atoms with van der Waals surface area (Å²) in [4.78, 5) is 26.3. The average molecular weight is 368 g/mol. The van der Waals surface area contributed by atoms with Gasteiger partial charge in [0.15, 0.2) is 10.9 Å². The van der Waals surface area contributed by atoms with Crippen molar-refractivity contribution in [3.63, 3.8) is 0 Å². The third-order valence-electron chi connectivity index (χ3n) is 3.31. The maximum absolute atomic E-state index is 12.2. The van der Waals surface area contributed by atoms with E-state index in [9.17, 15) is 9.59 Å². The first-order valence-corrected chi connectivity index (χ1v) is 8.78. The molecule has 0 saturated carbocycles. The molecule has 2 aromatic carbocycles. The first-order chi connectivity index (χ1) is 12.6. The number of ether oxygens (including phenoxy) is 1. The van der Waals surface area contributed by atoms with E-state index in [1.54, 1.807) is 19.1 Å². The molecule has 1 heterocycles. The fourth-order valence-electron chi connectivity index (χ4n) is 2.04. The molecular formula is C18H16N4O3S. The lowest BCUT2D eigenvalue weighted by Crippen LogP contribution is -2.17. The summed E-state index contributed by atoms with van der Waals surface area (Å²) in [7, 11) is 0. The molecule has 3 aromatic rings. The number of anilines is 1. The summed E-state index contributed by atoms with van der Waals surface area (Å²) < 4.78 is 5.81. The largest absolute Gasteiger partial charge is 0.455 e. The standard InChI is InChI=1S/C18H16N4O3S/c1-12-17(24)20-18(22-21-12)26-11-16(23)19-14-9-5-6-10-15(14)25-13-7-3-2-4-8-13/h2-10H,11H2,1H3,(H,19,23)(H,20,22,24). The Morgan fingerprint density at radius 1 is 1.12 bits per heavy atom. The maximum atomic E-state index is 12.2. The SMILES string of the molecule is Cc1nnc(SCC(=O)Nc2ccccc2Oc2ccccc2)[nH]c1=O. The van der Waals surface area contributed by atoms with E-state index in [2.05, 4.69) is 20.5 Å². The van der Waals surface area contributed by atoms with Gasteiger partial charge in [-0.1, -0.05) is 42.1 Å². The number of aryl methyl sites for hydroxylation is 1. The van der Waals surface area contributed by atoms with Crippen LogP contribution in [0.15, 0.2) is 64.5 Å². The predicted octanol–water partition coefficient (Wildman–Crippen LogP) is 3.00. The van der Waals surface area contributed by atoms with Crippen LogP contribution in [0.1, 0.15) is 5.69 Å². The molecule has 0 unspecified atom stereocenters. The zero-order chi connectivity index (χ0) is 18.4. The van der Waals surface area contributed by atoms with E-state index in [0.29, 0.717) is 22.3 Å². The molecule has 1 amide bonds. The van der Waals surface area contributed by atoms with Gasteiger partial charge < -0.3 is 10.1 Å². The quantitative estimate of drug-likeness (QED) is 0.649. The Bertz CT molecular complexity index is 960. The number of para-hydroxylation sites is 3. The molecule has 132 valence electrons. The monoisotopic (exact) mass is 368 g/mol. The number of carbonyl (C=O) groups excluding carboxylic acids is 1. The van der Waals surface area contributed by atoms with Crippen molar-refractivity contribution in [2.24, 2.45) is 0 Å². The molecule has 0 aliphatic heterocycles. The fourth-order valence-corrected chi connectivity index (χ4v) is 2.64. The van der Waals surface area contributed by atoms with E-state index in [1.807, 2.05) is 42.5 Å². The topological polar surface area (TPSA) is 97.0 Å². The average Bonchev–Trinajstić information content (AvgIpc) is 2.65. The number of nitrogens with one attached hydrogen (secondary N) is 2. The number of thioether (sulfide) groups is 1. The molecule has 2 N–H and O–H groups in total. The molecule has 7 nitrogen and oxygen atoms in total. The minimum absolute atomic E-state index is 0.0767. The minimum Gasteiger partial charge on any atom is -0.455 e. The Hall–Kier alpha value is -3.13. The van der Waals surface area contributed by atoms with Crippen LogP contribution in [0.5, 0.6) is 11.5 Å². The Morgan fingerprint density at radius 2 is 1.85 bits per heavy atom. The van der Waals surface area contributed by atoms with Crippen molar-refractivity contribution >= 4 is 23.4 Å².